The Morgan fingerprint density at radius 1 is 1.13 bits per heavy atom. The number of amides is 1. The van der Waals surface area contributed by atoms with Gasteiger partial charge in [0.05, 0.1) is 6.04 Å². The molecule has 0 radical (unpaired) electrons. The standard InChI is InChI=1S/C18H18N2O3/c1-2-11-3-6-13(7-4-11)20-17(16(19)18(20)21)12-5-8-14-15(9-12)23-10-22-14/h3-9,16-17H,2,10,19H2,1H3/t16-,17+/m0/s1. The fourth-order valence-corrected chi connectivity index (χ4v) is 3.14. The molecule has 2 aromatic carbocycles. The van der Waals surface area contributed by atoms with E-state index in [0.29, 0.717) is 5.75 Å². The lowest BCUT2D eigenvalue weighted by Gasteiger charge is -2.45. The number of anilines is 1. The minimum absolute atomic E-state index is 0.0584. The van der Waals surface area contributed by atoms with Crippen molar-refractivity contribution in [3.63, 3.8) is 0 Å². The number of fused-ring (bicyclic) bond motifs is 1. The number of carbonyl (C=O) groups is 1. The quantitative estimate of drug-likeness (QED) is 0.884. The first-order valence-electron chi connectivity index (χ1n) is 7.76. The second-order valence-corrected chi connectivity index (χ2v) is 5.81. The molecule has 23 heavy (non-hydrogen) atoms. The van der Waals surface area contributed by atoms with E-state index in [9.17, 15) is 4.79 Å². The minimum atomic E-state index is -0.527. The molecule has 1 amide bonds. The normalized spacial score (nSPS) is 22.2. The average molecular weight is 310 g/mol. The van der Waals surface area contributed by atoms with Gasteiger partial charge in [-0.25, -0.2) is 0 Å². The van der Waals surface area contributed by atoms with E-state index in [1.807, 2.05) is 42.5 Å². The van der Waals surface area contributed by atoms with Crippen LogP contribution >= 0.6 is 0 Å². The number of nitrogens with zero attached hydrogens (tertiary/aromatic N) is 1. The van der Waals surface area contributed by atoms with Crippen LogP contribution in [0, 0.1) is 0 Å². The van der Waals surface area contributed by atoms with Crippen molar-refractivity contribution < 1.29 is 14.3 Å². The molecule has 2 aromatic rings. The third-order valence-electron chi connectivity index (χ3n) is 4.50. The highest BCUT2D eigenvalue weighted by atomic mass is 16.7. The van der Waals surface area contributed by atoms with E-state index in [0.717, 1.165) is 23.4 Å². The molecular weight excluding hydrogens is 292 g/mol. The topological polar surface area (TPSA) is 64.8 Å². The van der Waals surface area contributed by atoms with E-state index in [2.05, 4.69) is 6.92 Å². The van der Waals surface area contributed by atoms with Crippen molar-refractivity contribution in [2.24, 2.45) is 5.73 Å². The lowest BCUT2D eigenvalue weighted by Crippen LogP contribution is -2.63. The maximum Gasteiger partial charge on any atom is 0.247 e. The van der Waals surface area contributed by atoms with E-state index in [4.69, 9.17) is 15.2 Å². The van der Waals surface area contributed by atoms with Crippen LogP contribution in [0.5, 0.6) is 11.5 Å². The van der Waals surface area contributed by atoms with Crippen LogP contribution in [0.2, 0.25) is 0 Å². The fraction of sp³-hybridized carbons (Fsp3) is 0.278. The van der Waals surface area contributed by atoms with Crippen molar-refractivity contribution in [2.45, 2.75) is 25.4 Å². The molecule has 0 saturated carbocycles. The van der Waals surface area contributed by atoms with E-state index in [-0.39, 0.29) is 18.7 Å². The molecule has 0 unspecified atom stereocenters. The number of β-lactam (4-membered cyclic amide) rings is 1. The van der Waals surface area contributed by atoms with E-state index in [1.54, 1.807) is 4.90 Å². The molecule has 0 aromatic heterocycles. The fourth-order valence-electron chi connectivity index (χ4n) is 3.14. The summed E-state index contributed by atoms with van der Waals surface area (Å²) < 4.78 is 10.8. The Balaban J connectivity index is 1.67. The average Bonchev–Trinajstić information content (AvgIpc) is 3.06. The van der Waals surface area contributed by atoms with Gasteiger partial charge in [-0.2, -0.15) is 0 Å². The number of carbonyl (C=O) groups excluding carboxylic acids is 1. The highest BCUT2D eigenvalue weighted by Gasteiger charge is 2.46. The smallest absolute Gasteiger partial charge is 0.247 e. The zero-order chi connectivity index (χ0) is 16.0. The van der Waals surface area contributed by atoms with Crippen LogP contribution in [0.3, 0.4) is 0 Å². The monoisotopic (exact) mass is 310 g/mol. The lowest BCUT2D eigenvalue weighted by molar-refractivity contribution is -0.126. The Hall–Kier alpha value is -2.53. The summed E-state index contributed by atoms with van der Waals surface area (Å²) in [5.74, 6) is 1.37. The number of benzene rings is 2. The van der Waals surface area contributed by atoms with Crippen LogP contribution < -0.4 is 20.1 Å². The molecular formula is C18H18N2O3. The molecule has 4 rings (SSSR count). The molecule has 118 valence electrons. The first kappa shape index (κ1) is 14.1. The Morgan fingerprint density at radius 3 is 2.61 bits per heavy atom. The van der Waals surface area contributed by atoms with Gasteiger partial charge < -0.3 is 20.1 Å². The molecule has 5 nitrogen and oxygen atoms in total. The Kier molecular flexibility index (Phi) is 3.23. The predicted molar refractivity (Wildman–Crippen MR) is 86.6 cm³/mol. The summed E-state index contributed by atoms with van der Waals surface area (Å²) in [4.78, 5) is 14.0. The predicted octanol–water partition coefficient (Wildman–Crippen LogP) is 2.39. The zero-order valence-corrected chi connectivity index (χ0v) is 12.9. The number of hydrogen-bond donors (Lipinski definition) is 1. The summed E-state index contributed by atoms with van der Waals surface area (Å²) in [7, 11) is 0. The first-order valence-corrected chi connectivity index (χ1v) is 7.76. The van der Waals surface area contributed by atoms with Gasteiger partial charge in [0.15, 0.2) is 11.5 Å². The Labute approximate surface area is 134 Å². The van der Waals surface area contributed by atoms with Crippen LogP contribution in [0.1, 0.15) is 24.1 Å². The van der Waals surface area contributed by atoms with E-state index >= 15 is 0 Å². The second-order valence-electron chi connectivity index (χ2n) is 5.81. The summed E-state index contributed by atoms with van der Waals surface area (Å²) in [5.41, 5.74) is 9.14. The van der Waals surface area contributed by atoms with Crippen molar-refractivity contribution in [3.8, 4) is 11.5 Å². The number of rotatable bonds is 3. The van der Waals surface area contributed by atoms with Gasteiger partial charge in [-0.15, -0.1) is 0 Å². The molecule has 2 atom stereocenters. The van der Waals surface area contributed by atoms with E-state index in [1.165, 1.54) is 5.56 Å². The summed E-state index contributed by atoms with van der Waals surface area (Å²) in [5, 5.41) is 0. The molecule has 1 saturated heterocycles. The highest BCUT2D eigenvalue weighted by Crippen LogP contribution is 2.42. The van der Waals surface area contributed by atoms with Gasteiger partial charge in [-0.3, -0.25) is 4.79 Å². The molecule has 2 aliphatic heterocycles. The van der Waals surface area contributed by atoms with Gasteiger partial charge in [0.25, 0.3) is 0 Å². The largest absolute Gasteiger partial charge is 0.454 e. The van der Waals surface area contributed by atoms with Crippen molar-refractivity contribution in [1.29, 1.82) is 0 Å². The van der Waals surface area contributed by atoms with Crippen molar-refractivity contribution >= 4 is 11.6 Å². The molecule has 2 aliphatic rings. The van der Waals surface area contributed by atoms with Crippen LogP contribution in [0.25, 0.3) is 0 Å². The van der Waals surface area contributed by atoms with Gasteiger partial charge in [0, 0.05) is 5.69 Å². The summed E-state index contributed by atoms with van der Waals surface area (Å²) in [6.45, 7) is 2.34. The first-order chi connectivity index (χ1) is 11.2. The number of ether oxygens (including phenoxy) is 2. The summed E-state index contributed by atoms with van der Waals surface area (Å²) >= 11 is 0. The van der Waals surface area contributed by atoms with Gasteiger partial charge in [0.2, 0.25) is 12.7 Å². The highest BCUT2D eigenvalue weighted by molar-refractivity contribution is 6.05. The zero-order valence-electron chi connectivity index (χ0n) is 12.9. The molecule has 2 heterocycles. The second kappa shape index (κ2) is 5.28. The van der Waals surface area contributed by atoms with Crippen LogP contribution in [0.4, 0.5) is 5.69 Å². The maximum atomic E-state index is 12.3. The van der Waals surface area contributed by atoms with Gasteiger partial charge in [-0.05, 0) is 41.8 Å². The molecule has 0 aliphatic carbocycles. The molecule has 2 N–H and O–H groups in total. The van der Waals surface area contributed by atoms with Crippen LogP contribution in [-0.4, -0.2) is 18.7 Å². The van der Waals surface area contributed by atoms with Gasteiger partial charge in [-0.1, -0.05) is 25.1 Å². The minimum Gasteiger partial charge on any atom is -0.454 e. The molecule has 0 spiro atoms. The van der Waals surface area contributed by atoms with Crippen LogP contribution in [0.15, 0.2) is 42.5 Å². The van der Waals surface area contributed by atoms with Crippen molar-refractivity contribution in [3.05, 3.63) is 53.6 Å². The third-order valence-corrected chi connectivity index (χ3v) is 4.50. The molecule has 1 fully saturated rings. The van der Waals surface area contributed by atoms with Gasteiger partial charge in [0.1, 0.15) is 6.04 Å². The summed E-state index contributed by atoms with van der Waals surface area (Å²) in [6, 6.07) is 13.1. The third kappa shape index (κ3) is 2.16. The number of hydrogen-bond acceptors (Lipinski definition) is 4. The van der Waals surface area contributed by atoms with Crippen molar-refractivity contribution in [2.75, 3.05) is 11.7 Å². The lowest BCUT2D eigenvalue weighted by atomic mass is 9.88. The van der Waals surface area contributed by atoms with E-state index < -0.39 is 6.04 Å². The number of aryl methyl sites for hydroxylation is 1. The number of nitrogens with two attached hydrogens (primary N) is 1. The molecule has 0 bridgehead atoms. The maximum absolute atomic E-state index is 12.3. The van der Waals surface area contributed by atoms with Gasteiger partial charge >= 0.3 is 0 Å². The Bertz CT molecular complexity index is 757. The molecule has 5 heteroatoms. The van der Waals surface area contributed by atoms with Crippen LogP contribution in [-0.2, 0) is 11.2 Å². The SMILES string of the molecule is CCc1ccc(N2C(=O)[C@@H](N)[C@H]2c2ccc3c(c2)OCO3)cc1. The summed E-state index contributed by atoms with van der Waals surface area (Å²) in [6.07, 6.45) is 0.972. The Morgan fingerprint density at radius 2 is 1.87 bits per heavy atom. The van der Waals surface area contributed by atoms with Crippen molar-refractivity contribution in [1.82, 2.24) is 0 Å².